The predicted octanol–water partition coefficient (Wildman–Crippen LogP) is 4.42. The van der Waals surface area contributed by atoms with Gasteiger partial charge in [-0.15, -0.1) is 0 Å². The molecule has 0 heterocycles. The van der Waals surface area contributed by atoms with E-state index in [4.69, 9.17) is 4.74 Å². The van der Waals surface area contributed by atoms with Gasteiger partial charge in [0.2, 0.25) is 5.91 Å². The summed E-state index contributed by atoms with van der Waals surface area (Å²) in [4.78, 5) is 36.3. The van der Waals surface area contributed by atoms with Crippen LogP contribution < -0.4 is 10.6 Å². The molecule has 0 fully saturated rings. The second kappa shape index (κ2) is 10.2. The largest absolute Gasteiger partial charge is 0.449 e. The van der Waals surface area contributed by atoms with Crippen LogP contribution >= 0.6 is 0 Å². The Labute approximate surface area is 181 Å². The first-order valence-corrected chi connectivity index (χ1v) is 9.93. The van der Waals surface area contributed by atoms with Crippen molar-refractivity contribution in [2.75, 3.05) is 10.6 Å². The minimum absolute atomic E-state index is 0.176. The summed E-state index contributed by atoms with van der Waals surface area (Å²) in [6.45, 7) is 2.95. The molecule has 31 heavy (non-hydrogen) atoms. The number of hydrogen-bond acceptors (Lipinski definition) is 4. The summed E-state index contributed by atoms with van der Waals surface area (Å²) in [5.74, 6) is -1.17. The number of rotatable bonds is 7. The van der Waals surface area contributed by atoms with E-state index < -0.39 is 18.0 Å². The van der Waals surface area contributed by atoms with Crippen molar-refractivity contribution < 1.29 is 19.1 Å². The number of esters is 1. The van der Waals surface area contributed by atoms with Crippen molar-refractivity contribution in [3.63, 3.8) is 0 Å². The van der Waals surface area contributed by atoms with Crippen LogP contribution in [0.15, 0.2) is 78.9 Å². The van der Waals surface area contributed by atoms with Gasteiger partial charge in [0.25, 0.3) is 5.91 Å². The average Bonchev–Trinajstić information content (AvgIpc) is 2.75. The van der Waals surface area contributed by atoms with Gasteiger partial charge in [-0.25, -0.2) is 4.79 Å². The molecule has 0 aromatic heterocycles. The Balaban J connectivity index is 1.62. The fourth-order valence-corrected chi connectivity index (χ4v) is 3.05. The Morgan fingerprint density at radius 3 is 2.03 bits per heavy atom. The molecule has 3 rings (SSSR count). The number of carbonyl (C=O) groups is 3. The molecule has 0 aliphatic heterocycles. The third-order valence-electron chi connectivity index (χ3n) is 4.60. The van der Waals surface area contributed by atoms with E-state index >= 15 is 0 Å². The molecule has 0 bridgehead atoms. The Hall–Kier alpha value is -3.93. The summed E-state index contributed by atoms with van der Waals surface area (Å²) in [6, 6.07) is 23.7. The van der Waals surface area contributed by atoms with E-state index in [0.717, 1.165) is 11.1 Å². The summed E-state index contributed by atoms with van der Waals surface area (Å²) in [6.07, 6.45) is -0.389. The molecule has 0 saturated carbocycles. The lowest BCUT2D eigenvalue weighted by atomic mass is 10.00. The molecule has 2 N–H and O–H groups in total. The fourth-order valence-electron chi connectivity index (χ4n) is 3.05. The third-order valence-corrected chi connectivity index (χ3v) is 4.60. The second-order valence-corrected chi connectivity index (χ2v) is 7.11. The number of amides is 2. The minimum Gasteiger partial charge on any atom is -0.449 e. The number of hydrogen-bond donors (Lipinski definition) is 2. The van der Waals surface area contributed by atoms with Crippen LogP contribution in [0.25, 0.3) is 0 Å². The second-order valence-electron chi connectivity index (χ2n) is 7.11. The van der Waals surface area contributed by atoms with Crippen molar-refractivity contribution in [1.82, 2.24) is 0 Å². The quantitative estimate of drug-likeness (QED) is 0.559. The highest BCUT2D eigenvalue weighted by atomic mass is 16.5. The molecule has 3 aromatic rings. The summed E-state index contributed by atoms with van der Waals surface area (Å²) < 4.78 is 5.42. The lowest BCUT2D eigenvalue weighted by molar-refractivity contribution is -0.123. The molecule has 0 aliphatic carbocycles. The van der Waals surface area contributed by atoms with Gasteiger partial charge in [-0.3, -0.25) is 9.59 Å². The van der Waals surface area contributed by atoms with E-state index in [9.17, 15) is 14.4 Å². The zero-order chi connectivity index (χ0) is 22.2. The van der Waals surface area contributed by atoms with Crippen LogP contribution in [0.2, 0.25) is 0 Å². The summed E-state index contributed by atoms with van der Waals surface area (Å²) in [5.41, 5.74) is 3.51. The molecule has 2 amide bonds. The molecule has 6 nitrogen and oxygen atoms in total. The van der Waals surface area contributed by atoms with Gasteiger partial charge in [0.05, 0.1) is 5.56 Å². The van der Waals surface area contributed by atoms with Crippen molar-refractivity contribution in [1.29, 1.82) is 0 Å². The molecule has 0 aliphatic rings. The number of benzene rings is 3. The molecule has 0 radical (unpaired) electrons. The molecular formula is C25H24N2O4. The Morgan fingerprint density at radius 2 is 1.39 bits per heavy atom. The lowest BCUT2D eigenvalue weighted by Gasteiger charge is -2.15. The maximum Gasteiger partial charge on any atom is 0.339 e. The highest BCUT2D eigenvalue weighted by Gasteiger charge is 2.21. The summed E-state index contributed by atoms with van der Waals surface area (Å²) in [7, 11) is 0. The van der Waals surface area contributed by atoms with Crippen molar-refractivity contribution >= 4 is 29.2 Å². The van der Waals surface area contributed by atoms with Gasteiger partial charge in [-0.05, 0) is 54.8 Å². The number of nitrogens with one attached hydrogen (secondary N) is 2. The van der Waals surface area contributed by atoms with Gasteiger partial charge in [0, 0.05) is 18.3 Å². The Kier molecular flexibility index (Phi) is 7.17. The predicted molar refractivity (Wildman–Crippen MR) is 120 cm³/mol. The summed E-state index contributed by atoms with van der Waals surface area (Å²) in [5, 5.41) is 5.36. The SMILES string of the molecule is CC(=O)Nc1ccc(NC(=O)C(C)OC(=O)c2ccccc2Cc2ccccc2)cc1. The topological polar surface area (TPSA) is 84.5 Å². The van der Waals surface area contributed by atoms with Crippen molar-refractivity contribution in [3.8, 4) is 0 Å². The van der Waals surface area contributed by atoms with Crippen LogP contribution in [-0.2, 0) is 20.7 Å². The maximum absolute atomic E-state index is 12.7. The minimum atomic E-state index is -0.979. The fraction of sp³-hybridized carbons (Fsp3) is 0.160. The molecule has 6 heteroatoms. The van der Waals surface area contributed by atoms with Gasteiger partial charge in [-0.1, -0.05) is 48.5 Å². The van der Waals surface area contributed by atoms with Crippen molar-refractivity contribution in [3.05, 3.63) is 95.6 Å². The van der Waals surface area contributed by atoms with Crippen LogP contribution in [-0.4, -0.2) is 23.9 Å². The zero-order valence-corrected chi connectivity index (χ0v) is 17.4. The van der Waals surface area contributed by atoms with E-state index in [0.29, 0.717) is 23.4 Å². The van der Waals surface area contributed by atoms with E-state index in [-0.39, 0.29) is 5.91 Å². The first-order valence-electron chi connectivity index (χ1n) is 9.93. The zero-order valence-electron chi connectivity index (χ0n) is 17.4. The van der Waals surface area contributed by atoms with Crippen LogP contribution in [0, 0.1) is 0 Å². The van der Waals surface area contributed by atoms with Crippen LogP contribution in [0.3, 0.4) is 0 Å². The van der Waals surface area contributed by atoms with Gasteiger partial charge in [0.1, 0.15) is 0 Å². The van der Waals surface area contributed by atoms with Gasteiger partial charge < -0.3 is 15.4 Å². The van der Waals surface area contributed by atoms with Gasteiger partial charge in [0.15, 0.2) is 6.10 Å². The number of anilines is 2. The number of ether oxygens (including phenoxy) is 1. The first-order chi connectivity index (χ1) is 14.9. The standard InChI is InChI=1S/C25H24N2O4/c1-17(24(29)27-22-14-12-21(13-15-22)26-18(2)28)31-25(30)23-11-7-6-10-20(23)16-19-8-4-3-5-9-19/h3-15,17H,16H2,1-2H3,(H,26,28)(H,27,29). The van der Waals surface area contributed by atoms with E-state index in [1.165, 1.54) is 13.8 Å². The molecule has 1 atom stereocenters. The number of carbonyl (C=O) groups excluding carboxylic acids is 3. The van der Waals surface area contributed by atoms with E-state index in [1.54, 1.807) is 36.4 Å². The molecule has 3 aromatic carbocycles. The Bertz CT molecular complexity index is 1060. The molecule has 158 valence electrons. The molecule has 1 unspecified atom stereocenters. The normalized spacial score (nSPS) is 11.3. The first kappa shape index (κ1) is 21.8. The highest BCUT2D eigenvalue weighted by Crippen LogP contribution is 2.17. The van der Waals surface area contributed by atoms with E-state index in [2.05, 4.69) is 10.6 Å². The van der Waals surface area contributed by atoms with E-state index in [1.807, 2.05) is 42.5 Å². The van der Waals surface area contributed by atoms with Crippen LogP contribution in [0.4, 0.5) is 11.4 Å². The molecule has 0 spiro atoms. The summed E-state index contributed by atoms with van der Waals surface area (Å²) >= 11 is 0. The third kappa shape index (κ3) is 6.27. The molecule has 0 saturated heterocycles. The van der Waals surface area contributed by atoms with Crippen LogP contribution in [0.5, 0.6) is 0 Å². The smallest absolute Gasteiger partial charge is 0.339 e. The average molecular weight is 416 g/mol. The highest BCUT2D eigenvalue weighted by molar-refractivity contribution is 5.98. The van der Waals surface area contributed by atoms with Gasteiger partial charge >= 0.3 is 5.97 Å². The lowest BCUT2D eigenvalue weighted by Crippen LogP contribution is -2.30. The van der Waals surface area contributed by atoms with Crippen molar-refractivity contribution in [2.24, 2.45) is 0 Å². The maximum atomic E-state index is 12.7. The van der Waals surface area contributed by atoms with Crippen molar-refractivity contribution in [2.45, 2.75) is 26.4 Å². The van der Waals surface area contributed by atoms with Crippen LogP contribution in [0.1, 0.15) is 35.3 Å². The monoisotopic (exact) mass is 416 g/mol. The van der Waals surface area contributed by atoms with Gasteiger partial charge in [-0.2, -0.15) is 0 Å². The molecular weight excluding hydrogens is 392 g/mol. The Morgan fingerprint density at radius 1 is 0.806 bits per heavy atom.